The van der Waals surface area contributed by atoms with Gasteiger partial charge in [-0.1, -0.05) is 12.1 Å². The summed E-state index contributed by atoms with van der Waals surface area (Å²) in [5.74, 6) is 0.543. The van der Waals surface area contributed by atoms with Crippen molar-refractivity contribution < 1.29 is 4.39 Å². The van der Waals surface area contributed by atoms with E-state index in [4.69, 9.17) is 0 Å². The fourth-order valence-electron chi connectivity index (χ4n) is 2.98. The minimum atomic E-state index is -0.129. The molecule has 2 fully saturated rings. The van der Waals surface area contributed by atoms with E-state index in [1.807, 2.05) is 12.1 Å². The lowest BCUT2D eigenvalue weighted by Gasteiger charge is -2.23. The minimum Gasteiger partial charge on any atom is -0.316 e. The molecule has 1 heterocycles. The highest BCUT2D eigenvalue weighted by molar-refractivity contribution is 5.30. The Labute approximate surface area is 89.7 Å². The quantitative estimate of drug-likeness (QED) is 0.743. The summed E-state index contributed by atoms with van der Waals surface area (Å²) in [6, 6.07) is 7.06. The lowest BCUT2D eigenvalue weighted by atomic mass is 9.91. The number of hydrogen-bond donors (Lipinski definition) is 1. The van der Waals surface area contributed by atoms with Crippen LogP contribution in [-0.2, 0) is 0 Å². The van der Waals surface area contributed by atoms with Gasteiger partial charge in [0.1, 0.15) is 5.82 Å². The third-order valence-electron chi connectivity index (χ3n) is 3.97. The van der Waals surface area contributed by atoms with Gasteiger partial charge >= 0.3 is 0 Å². The summed E-state index contributed by atoms with van der Waals surface area (Å²) in [4.78, 5) is 0. The van der Waals surface area contributed by atoms with Crippen molar-refractivity contribution in [2.75, 3.05) is 13.1 Å². The zero-order chi connectivity index (χ0) is 10.3. The summed E-state index contributed by atoms with van der Waals surface area (Å²) >= 11 is 0. The van der Waals surface area contributed by atoms with E-state index < -0.39 is 0 Å². The van der Waals surface area contributed by atoms with Crippen LogP contribution in [0, 0.1) is 11.2 Å². The standard InChI is InChI=1S/C13H16FN/c14-11-4-2-10(3-5-11)12-8-13(12)6-1-7-15-9-13/h2-5,12,15H,1,6-9H2. The molecule has 1 aliphatic heterocycles. The van der Waals surface area contributed by atoms with Crippen LogP contribution in [0.4, 0.5) is 4.39 Å². The molecule has 0 aromatic heterocycles. The van der Waals surface area contributed by atoms with Crippen molar-refractivity contribution in [2.24, 2.45) is 5.41 Å². The molecule has 2 unspecified atom stereocenters. The number of piperidine rings is 1. The molecule has 1 aromatic rings. The highest BCUT2D eigenvalue weighted by Gasteiger charge is 2.54. The number of halogens is 1. The van der Waals surface area contributed by atoms with Crippen LogP contribution < -0.4 is 5.32 Å². The molecule has 2 heteroatoms. The molecule has 1 aromatic carbocycles. The van der Waals surface area contributed by atoms with Crippen LogP contribution in [0.25, 0.3) is 0 Å². The Morgan fingerprint density at radius 1 is 1.27 bits per heavy atom. The summed E-state index contributed by atoms with van der Waals surface area (Å²) in [7, 11) is 0. The van der Waals surface area contributed by atoms with Crippen molar-refractivity contribution in [1.82, 2.24) is 5.32 Å². The van der Waals surface area contributed by atoms with Gasteiger partial charge in [0, 0.05) is 6.54 Å². The third-order valence-corrected chi connectivity index (χ3v) is 3.97. The SMILES string of the molecule is Fc1ccc(C2CC23CCCNC3)cc1. The Balaban J connectivity index is 1.77. The second-order valence-corrected chi connectivity index (χ2v) is 4.95. The van der Waals surface area contributed by atoms with E-state index in [2.05, 4.69) is 5.32 Å². The van der Waals surface area contributed by atoms with Crippen molar-refractivity contribution in [3.05, 3.63) is 35.6 Å². The van der Waals surface area contributed by atoms with E-state index >= 15 is 0 Å². The summed E-state index contributed by atoms with van der Waals surface area (Å²) in [5.41, 5.74) is 1.83. The molecule has 15 heavy (non-hydrogen) atoms. The summed E-state index contributed by atoms with van der Waals surface area (Å²) < 4.78 is 12.8. The van der Waals surface area contributed by atoms with Crippen molar-refractivity contribution >= 4 is 0 Å². The first kappa shape index (κ1) is 9.34. The zero-order valence-electron chi connectivity index (χ0n) is 8.80. The number of rotatable bonds is 1. The average molecular weight is 205 g/mol. The van der Waals surface area contributed by atoms with E-state index in [1.165, 1.54) is 24.8 Å². The van der Waals surface area contributed by atoms with Gasteiger partial charge in [-0.15, -0.1) is 0 Å². The minimum absolute atomic E-state index is 0.129. The molecule has 1 spiro atoms. The van der Waals surface area contributed by atoms with E-state index in [0.717, 1.165) is 13.1 Å². The van der Waals surface area contributed by atoms with Crippen molar-refractivity contribution in [3.8, 4) is 0 Å². The van der Waals surface area contributed by atoms with Gasteiger partial charge in [0.2, 0.25) is 0 Å². The largest absolute Gasteiger partial charge is 0.316 e. The zero-order valence-corrected chi connectivity index (χ0v) is 8.80. The maximum Gasteiger partial charge on any atom is 0.123 e. The first-order chi connectivity index (χ1) is 7.30. The number of nitrogens with one attached hydrogen (secondary N) is 1. The molecule has 1 nitrogen and oxygen atoms in total. The Bertz CT molecular complexity index is 351. The molecular formula is C13H16FN. The van der Waals surface area contributed by atoms with Crippen LogP contribution in [0.5, 0.6) is 0 Å². The van der Waals surface area contributed by atoms with Crippen LogP contribution in [0.2, 0.25) is 0 Å². The maximum absolute atomic E-state index is 12.8. The van der Waals surface area contributed by atoms with Crippen LogP contribution in [0.1, 0.15) is 30.7 Å². The fourth-order valence-corrected chi connectivity index (χ4v) is 2.98. The van der Waals surface area contributed by atoms with Gasteiger partial charge < -0.3 is 5.32 Å². The third kappa shape index (κ3) is 1.57. The van der Waals surface area contributed by atoms with Gasteiger partial charge in [-0.3, -0.25) is 0 Å². The molecule has 80 valence electrons. The monoisotopic (exact) mass is 205 g/mol. The molecule has 1 saturated heterocycles. The molecule has 3 rings (SSSR count). The molecule has 1 N–H and O–H groups in total. The molecule has 1 aliphatic carbocycles. The highest BCUT2D eigenvalue weighted by Crippen LogP contribution is 2.62. The molecule has 0 amide bonds. The van der Waals surface area contributed by atoms with Crippen LogP contribution in [0.3, 0.4) is 0 Å². The molecule has 2 atom stereocenters. The summed E-state index contributed by atoms with van der Waals surface area (Å²) in [5, 5.41) is 3.47. The van der Waals surface area contributed by atoms with Gasteiger partial charge in [-0.2, -0.15) is 0 Å². The lowest BCUT2D eigenvalue weighted by molar-refractivity contribution is 0.347. The second-order valence-electron chi connectivity index (χ2n) is 4.95. The van der Waals surface area contributed by atoms with Crippen molar-refractivity contribution in [1.29, 1.82) is 0 Å². The number of benzene rings is 1. The normalized spacial score (nSPS) is 34.3. The topological polar surface area (TPSA) is 12.0 Å². The van der Waals surface area contributed by atoms with E-state index in [0.29, 0.717) is 11.3 Å². The summed E-state index contributed by atoms with van der Waals surface area (Å²) in [6.07, 6.45) is 3.91. The Morgan fingerprint density at radius 2 is 2.07 bits per heavy atom. The Kier molecular flexibility index (Phi) is 2.06. The summed E-state index contributed by atoms with van der Waals surface area (Å²) in [6.45, 7) is 2.31. The number of hydrogen-bond acceptors (Lipinski definition) is 1. The second kappa shape index (κ2) is 3.31. The molecule has 2 aliphatic rings. The molecule has 0 radical (unpaired) electrons. The predicted octanol–water partition coefficient (Wildman–Crippen LogP) is 2.68. The fraction of sp³-hybridized carbons (Fsp3) is 0.538. The van der Waals surface area contributed by atoms with Crippen molar-refractivity contribution in [3.63, 3.8) is 0 Å². The van der Waals surface area contributed by atoms with Gasteiger partial charge in [0.05, 0.1) is 0 Å². The average Bonchev–Trinajstić information content (AvgIpc) is 2.94. The highest BCUT2D eigenvalue weighted by atomic mass is 19.1. The molecular weight excluding hydrogens is 189 g/mol. The van der Waals surface area contributed by atoms with E-state index in [-0.39, 0.29) is 5.82 Å². The lowest BCUT2D eigenvalue weighted by Crippen LogP contribution is -2.31. The smallest absolute Gasteiger partial charge is 0.123 e. The van der Waals surface area contributed by atoms with Crippen molar-refractivity contribution in [2.45, 2.75) is 25.2 Å². The van der Waals surface area contributed by atoms with Gasteiger partial charge in [0.25, 0.3) is 0 Å². The van der Waals surface area contributed by atoms with E-state index in [1.54, 1.807) is 12.1 Å². The first-order valence-corrected chi connectivity index (χ1v) is 5.76. The van der Waals surface area contributed by atoms with Gasteiger partial charge in [0.15, 0.2) is 0 Å². The Hall–Kier alpha value is -0.890. The van der Waals surface area contributed by atoms with Crippen LogP contribution in [-0.4, -0.2) is 13.1 Å². The predicted molar refractivity (Wildman–Crippen MR) is 58.3 cm³/mol. The molecule has 1 saturated carbocycles. The maximum atomic E-state index is 12.8. The van der Waals surface area contributed by atoms with E-state index in [9.17, 15) is 4.39 Å². The first-order valence-electron chi connectivity index (χ1n) is 5.76. The van der Waals surface area contributed by atoms with Gasteiger partial charge in [-0.05, 0) is 54.8 Å². The van der Waals surface area contributed by atoms with Crippen LogP contribution in [0.15, 0.2) is 24.3 Å². The van der Waals surface area contributed by atoms with Crippen LogP contribution >= 0.6 is 0 Å². The van der Waals surface area contributed by atoms with Gasteiger partial charge in [-0.25, -0.2) is 4.39 Å². The Morgan fingerprint density at radius 3 is 2.73 bits per heavy atom. The molecule has 0 bridgehead atoms.